The average Bonchev–Trinajstić information content (AvgIpc) is 3.58. The van der Waals surface area contributed by atoms with E-state index in [-0.39, 0.29) is 23.0 Å². The van der Waals surface area contributed by atoms with Crippen LogP contribution in [0.5, 0.6) is 0 Å². The van der Waals surface area contributed by atoms with Gasteiger partial charge in [0, 0.05) is 26.1 Å². The lowest BCUT2D eigenvalue weighted by Gasteiger charge is -2.29. The highest BCUT2D eigenvalue weighted by Gasteiger charge is 2.32. The van der Waals surface area contributed by atoms with Crippen LogP contribution in [0.15, 0.2) is 27.5 Å². The molecule has 31 heavy (non-hydrogen) atoms. The van der Waals surface area contributed by atoms with E-state index in [2.05, 4.69) is 4.40 Å². The number of anilines is 1. The normalized spacial score (nSPS) is 19.5. The first-order chi connectivity index (χ1) is 14.9. The molecule has 3 aliphatic rings. The van der Waals surface area contributed by atoms with Crippen LogP contribution in [0.3, 0.4) is 0 Å². The van der Waals surface area contributed by atoms with Crippen molar-refractivity contribution in [3.63, 3.8) is 0 Å². The van der Waals surface area contributed by atoms with Gasteiger partial charge in [-0.1, -0.05) is 13.3 Å². The number of nitrogens with zero attached hydrogens (tertiary/aromatic N) is 3. The third-order valence-corrected chi connectivity index (χ3v) is 7.27. The number of carbonyl (C=O) groups excluding carboxylic acids is 2. The lowest BCUT2D eigenvalue weighted by atomic mass is 10.2. The van der Waals surface area contributed by atoms with Crippen LogP contribution in [0, 0.1) is 5.92 Å². The largest absolute Gasteiger partial charge is 0.452 e. The van der Waals surface area contributed by atoms with Crippen LogP contribution in [0.4, 0.5) is 5.69 Å². The van der Waals surface area contributed by atoms with Gasteiger partial charge in [0.25, 0.3) is 15.9 Å². The molecular weight excluding hydrogens is 418 g/mol. The van der Waals surface area contributed by atoms with Gasteiger partial charge in [-0.3, -0.25) is 4.79 Å². The quantitative estimate of drug-likeness (QED) is 0.596. The van der Waals surface area contributed by atoms with Crippen molar-refractivity contribution in [2.45, 2.75) is 56.8 Å². The molecule has 2 aliphatic heterocycles. The van der Waals surface area contributed by atoms with E-state index in [0.717, 1.165) is 38.5 Å². The number of benzene rings is 1. The first-order valence-corrected chi connectivity index (χ1v) is 12.5. The molecule has 0 aromatic heterocycles. The number of rotatable bonds is 7. The highest BCUT2D eigenvalue weighted by molar-refractivity contribution is 7.90. The molecule has 9 heteroatoms. The Morgan fingerprint density at radius 3 is 2.77 bits per heavy atom. The second-order valence-corrected chi connectivity index (χ2v) is 10.1. The summed E-state index contributed by atoms with van der Waals surface area (Å²) < 4.78 is 34.7. The predicted octanol–water partition coefficient (Wildman–Crippen LogP) is 2.97. The van der Waals surface area contributed by atoms with E-state index in [1.54, 1.807) is 17.0 Å². The van der Waals surface area contributed by atoms with Crippen molar-refractivity contribution in [2.24, 2.45) is 10.3 Å². The molecule has 0 atom stereocenters. The standard InChI is InChI=1S/C22H29N3O5S/c1-2-11-24(14-16-7-8-16)21(26)15-30-22(27)17-9-10-18-19(13-17)31(28,29)23-20-6-4-3-5-12-25(18)20/h9-10,13,16H,2-8,11-12,14-15H2,1H3. The van der Waals surface area contributed by atoms with E-state index in [1.165, 1.54) is 6.07 Å². The first kappa shape index (κ1) is 21.8. The van der Waals surface area contributed by atoms with Crippen LogP contribution >= 0.6 is 0 Å². The lowest BCUT2D eigenvalue weighted by Crippen LogP contribution is -2.37. The Morgan fingerprint density at radius 2 is 2.03 bits per heavy atom. The zero-order chi connectivity index (χ0) is 22.0. The van der Waals surface area contributed by atoms with E-state index >= 15 is 0 Å². The maximum Gasteiger partial charge on any atom is 0.338 e. The maximum absolute atomic E-state index is 12.7. The van der Waals surface area contributed by atoms with Crippen LogP contribution in [0.2, 0.25) is 0 Å². The summed E-state index contributed by atoms with van der Waals surface area (Å²) in [7, 11) is -3.88. The molecule has 1 aromatic carbocycles. The van der Waals surface area contributed by atoms with Gasteiger partial charge in [-0.15, -0.1) is 4.40 Å². The summed E-state index contributed by atoms with van der Waals surface area (Å²) in [4.78, 5) is 28.7. The number of hydrogen-bond donors (Lipinski definition) is 0. The fraction of sp³-hybridized carbons (Fsp3) is 0.591. The minimum Gasteiger partial charge on any atom is -0.452 e. The Balaban J connectivity index is 1.47. The van der Waals surface area contributed by atoms with Crippen molar-refractivity contribution in [2.75, 3.05) is 31.1 Å². The monoisotopic (exact) mass is 447 g/mol. The first-order valence-electron chi connectivity index (χ1n) is 11.1. The van der Waals surface area contributed by atoms with E-state index < -0.39 is 16.0 Å². The molecule has 1 saturated heterocycles. The van der Waals surface area contributed by atoms with Gasteiger partial charge in [-0.2, -0.15) is 8.42 Å². The molecular formula is C22H29N3O5S. The van der Waals surface area contributed by atoms with E-state index in [1.807, 2.05) is 11.8 Å². The van der Waals surface area contributed by atoms with Crippen LogP contribution < -0.4 is 4.90 Å². The summed E-state index contributed by atoms with van der Waals surface area (Å²) in [5.41, 5.74) is 0.658. The lowest BCUT2D eigenvalue weighted by molar-refractivity contribution is -0.134. The molecule has 2 fully saturated rings. The van der Waals surface area contributed by atoms with Gasteiger partial charge in [-0.25, -0.2) is 4.79 Å². The van der Waals surface area contributed by atoms with Crippen molar-refractivity contribution in [3.8, 4) is 0 Å². The Morgan fingerprint density at radius 1 is 1.23 bits per heavy atom. The number of esters is 1. The molecule has 1 aromatic rings. The molecule has 0 N–H and O–H groups in total. The molecule has 1 saturated carbocycles. The Hall–Kier alpha value is -2.42. The molecule has 4 rings (SSSR count). The van der Waals surface area contributed by atoms with Crippen molar-refractivity contribution >= 4 is 33.4 Å². The van der Waals surface area contributed by atoms with Gasteiger partial charge < -0.3 is 14.5 Å². The van der Waals surface area contributed by atoms with Gasteiger partial charge in [0.05, 0.1) is 11.3 Å². The van der Waals surface area contributed by atoms with Gasteiger partial charge in [0.1, 0.15) is 10.7 Å². The highest BCUT2D eigenvalue weighted by atomic mass is 32.2. The summed E-state index contributed by atoms with van der Waals surface area (Å²) in [5, 5.41) is 0. The summed E-state index contributed by atoms with van der Waals surface area (Å²) in [6.07, 6.45) is 6.64. The number of carbonyl (C=O) groups is 2. The molecule has 0 unspecified atom stereocenters. The highest BCUT2D eigenvalue weighted by Crippen LogP contribution is 2.35. The predicted molar refractivity (Wildman–Crippen MR) is 117 cm³/mol. The van der Waals surface area contributed by atoms with Crippen LogP contribution in [0.1, 0.15) is 62.2 Å². The van der Waals surface area contributed by atoms with Gasteiger partial charge >= 0.3 is 5.97 Å². The topological polar surface area (TPSA) is 96.3 Å². The summed E-state index contributed by atoms with van der Waals surface area (Å²) in [5.74, 6) is 0.199. The number of ether oxygens (including phenoxy) is 1. The van der Waals surface area contributed by atoms with E-state index in [0.29, 0.717) is 43.5 Å². The average molecular weight is 448 g/mol. The van der Waals surface area contributed by atoms with Gasteiger partial charge in [0.2, 0.25) is 0 Å². The molecule has 1 aliphatic carbocycles. The number of amidine groups is 1. The van der Waals surface area contributed by atoms with Crippen LogP contribution in [-0.2, 0) is 19.6 Å². The third-order valence-electron chi connectivity index (χ3n) is 5.93. The van der Waals surface area contributed by atoms with Gasteiger partial charge in [-0.05, 0) is 56.2 Å². The number of fused-ring (bicyclic) bond motifs is 3. The molecule has 0 bridgehead atoms. The maximum atomic E-state index is 12.7. The molecule has 2 heterocycles. The summed E-state index contributed by atoms with van der Waals surface area (Å²) in [6.45, 7) is 3.71. The summed E-state index contributed by atoms with van der Waals surface area (Å²) in [6, 6.07) is 4.52. The minimum absolute atomic E-state index is 0.0141. The van der Waals surface area contributed by atoms with Crippen molar-refractivity contribution in [1.29, 1.82) is 0 Å². The second kappa shape index (κ2) is 8.98. The van der Waals surface area contributed by atoms with Crippen LogP contribution in [-0.4, -0.2) is 57.3 Å². The zero-order valence-corrected chi connectivity index (χ0v) is 18.7. The van der Waals surface area contributed by atoms with E-state index in [9.17, 15) is 18.0 Å². The molecule has 1 amide bonds. The van der Waals surface area contributed by atoms with Crippen LogP contribution in [0.25, 0.3) is 0 Å². The SMILES string of the molecule is CCCN(CC1CC1)C(=O)COC(=O)c1ccc2c(c1)S(=O)(=O)N=C1CCCCCN12. The minimum atomic E-state index is -3.88. The number of amides is 1. The van der Waals surface area contributed by atoms with E-state index in [4.69, 9.17) is 4.74 Å². The molecule has 8 nitrogen and oxygen atoms in total. The molecule has 0 radical (unpaired) electrons. The number of sulfonamides is 1. The fourth-order valence-electron chi connectivity index (χ4n) is 4.11. The Bertz CT molecular complexity index is 1000. The van der Waals surface area contributed by atoms with Gasteiger partial charge in [0.15, 0.2) is 6.61 Å². The fourth-order valence-corrected chi connectivity index (χ4v) is 5.39. The third kappa shape index (κ3) is 4.92. The number of hydrogen-bond acceptors (Lipinski definition) is 6. The van der Waals surface area contributed by atoms with Crippen molar-refractivity contribution in [3.05, 3.63) is 23.8 Å². The summed E-state index contributed by atoms with van der Waals surface area (Å²) >= 11 is 0. The second-order valence-electron chi connectivity index (χ2n) is 8.49. The Kier molecular flexibility index (Phi) is 6.31. The van der Waals surface area contributed by atoms with Crippen molar-refractivity contribution < 1.29 is 22.7 Å². The zero-order valence-electron chi connectivity index (χ0n) is 17.9. The molecule has 168 valence electrons. The smallest absolute Gasteiger partial charge is 0.338 e. The van der Waals surface area contributed by atoms with Crippen molar-refractivity contribution in [1.82, 2.24) is 4.90 Å². The Labute approximate surface area is 183 Å². The molecule has 0 spiro atoms.